The normalized spacial score (nSPS) is 12.2. The quantitative estimate of drug-likeness (QED) is 0.668. The van der Waals surface area contributed by atoms with Gasteiger partial charge in [-0.3, -0.25) is 5.84 Å². The first-order valence-electron chi connectivity index (χ1n) is 5.81. The predicted molar refractivity (Wildman–Crippen MR) is 78.6 cm³/mol. The average Bonchev–Trinajstić information content (AvgIpc) is 2.45. The molecule has 0 aliphatic carbocycles. The number of methoxy groups -OCH3 is 1. The van der Waals surface area contributed by atoms with Crippen molar-refractivity contribution in [3.8, 4) is 5.75 Å². The van der Waals surface area contributed by atoms with Crippen molar-refractivity contribution in [3.63, 3.8) is 0 Å². The summed E-state index contributed by atoms with van der Waals surface area (Å²) in [6.07, 6.45) is 0. The summed E-state index contributed by atoms with van der Waals surface area (Å²) in [5.74, 6) is 5.61. The van der Waals surface area contributed by atoms with E-state index in [1.165, 1.54) is 19.2 Å². The molecule has 0 fully saturated rings. The molecule has 2 aromatic rings. The van der Waals surface area contributed by atoms with Crippen molar-refractivity contribution < 1.29 is 9.13 Å². The SMILES string of the molecule is COc1cc(C(NN)c2ccc(Cl)c(F)c2)ccc1Cl. The zero-order chi connectivity index (χ0) is 14.7. The van der Waals surface area contributed by atoms with E-state index in [1.807, 2.05) is 0 Å². The van der Waals surface area contributed by atoms with Gasteiger partial charge in [-0.2, -0.15) is 0 Å². The van der Waals surface area contributed by atoms with E-state index >= 15 is 0 Å². The van der Waals surface area contributed by atoms with Gasteiger partial charge in [0.25, 0.3) is 0 Å². The van der Waals surface area contributed by atoms with Crippen molar-refractivity contribution >= 4 is 23.2 Å². The lowest BCUT2D eigenvalue weighted by Gasteiger charge is -2.18. The maximum absolute atomic E-state index is 13.6. The van der Waals surface area contributed by atoms with Gasteiger partial charge in [0, 0.05) is 0 Å². The number of hydrogen-bond acceptors (Lipinski definition) is 3. The van der Waals surface area contributed by atoms with E-state index in [0.717, 1.165) is 5.56 Å². The van der Waals surface area contributed by atoms with Gasteiger partial charge in [0.1, 0.15) is 11.6 Å². The summed E-state index contributed by atoms with van der Waals surface area (Å²) < 4.78 is 18.7. The third-order valence-corrected chi connectivity index (χ3v) is 3.57. The molecule has 0 amide bonds. The molecule has 106 valence electrons. The van der Waals surface area contributed by atoms with E-state index in [1.54, 1.807) is 24.3 Å². The van der Waals surface area contributed by atoms with Crippen LogP contribution in [0.4, 0.5) is 4.39 Å². The fraction of sp³-hybridized carbons (Fsp3) is 0.143. The minimum Gasteiger partial charge on any atom is -0.495 e. The predicted octanol–water partition coefficient (Wildman–Crippen LogP) is 3.69. The summed E-state index contributed by atoms with van der Waals surface area (Å²) in [6.45, 7) is 0. The first kappa shape index (κ1) is 15.1. The highest BCUT2D eigenvalue weighted by atomic mass is 35.5. The number of nitrogens with two attached hydrogens (primary N) is 1. The van der Waals surface area contributed by atoms with Gasteiger partial charge in [-0.1, -0.05) is 35.3 Å². The summed E-state index contributed by atoms with van der Waals surface area (Å²) in [5, 5.41) is 0.563. The molecule has 0 aliphatic heterocycles. The van der Waals surface area contributed by atoms with Crippen molar-refractivity contribution in [2.24, 2.45) is 5.84 Å². The Bertz CT molecular complexity index is 622. The lowest BCUT2D eigenvalue weighted by atomic mass is 9.99. The molecular weight excluding hydrogens is 302 g/mol. The minimum absolute atomic E-state index is 0.0678. The van der Waals surface area contributed by atoms with Crippen LogP contribution in [0.3, 0.4) is 0 Å². The fourth-order valence-corrected chi connectivity index (χ4v) is 2.25. The molecule has 1 atom stereocenters. The first-order chi connectivity index (χ1) is 9.56. The van der Waals surface area contributed by atoms with E-state index in [0.29, 0.717) is 16.3 Å². The van der Waals surface area contributed by atoms with Crippen molar-refractivity contribution in [1.82, 2.24) is 5.43 Å². The monoisotopic (exact) mass is 314 g/mol. The second-order valence-corrected chi connectivity index (χ2v) is 4.98. The Balaban J connectivity index is 2.43. The van der Waals surface area contributed by atoms with Crippen molar-refractivity contribution in [3.05, 3.63) is 63.4 Å². The van der Waals surface area contributed by atoms with E-state index in [4.69, 9.17) is 33.8 Å². The van der Waals surface area contributed by atoms with E-state index < -0.39 is 11.9 Å². The molecule has 0 radical (unpaired) electrons. The Labute approximate surface area is 126 Å². The molecule has 1 unspecified atom stereocenters. The van der Waals surface area contributed by atoms with Gasteiger partial charge >= 0.3 is 0 Å². The maximum atomic E-state index is 13.6. The van der Waals surface area contributed by atoms with Crippen molar-refractivity contribution in [2.45, 2.75) is 6.04 Å². The molecule has 6 heteroatoms. The molecule has 2 rings (SSSR count). The minimum atomic E-state index is -0.495. The van der Waals surface area contributed by atoms with Gasteiger partial charge < -0.3 is 4.74 Å². The Morgan fingerprint density at radius 3 is 2.25 bits per heavy atom. The summed E-state index contributed by atoms with van der Waals surface area (Å²) >= 11 is 11.7. The van der Waals surface area contributed by atoms with Crippen molar-refractivity contribution in [2.75, 3.05) is 7.11 Å². The van der Waals surface area contributed by atoms with E-state index in [2.05, 4.69) is 5.43 Å². The van der Waals surface area contributed by atoms with Crippen LogP contribution >= 0.6 is 23.2 Å². The van der Waals surface area contributed by atoms with E-state index in [-0.39, 0.29) is 5.02 Å². The van der Waals surface area contributed by atoms with Gasteiger partial charge in [0.05, 0.1) is 23.2 Å². The molecule has 3 N–H and O–H groups in total. The molecule has 0 spiro atoms. The van der Waals surface area contributed by atoms with Crippen LogP contribution in [-0.4, -0.2) is 7.11 Å². The first-order valence-corrected chi connectivity index (χ1v) is 6.57. The summed E-state index contributed by atoms with van der Waals surface area (Å²) in [4.78, 5) is 0. The van der Waals surface area contributed by atoms with Crippen LogP contribution < -0.4 is 16.0 Å². The largest absolute Gasteiger partial charge is 0.495 e. The van der Waals surface area contributed by atoms with Gasteiger partial charge in [-0.25, -0.2) is 9.82 Å². The van der Waals surface area contributed by atoms with Crippen molar-refractivity contribution in [1.29, 1.82) is 0 Å². The second kappa shape index (κ2) is 6.41. The number of nitrogens with one attached hydrogen (secondary N) is 1. The average molecular weight is 315 g/mol. The molecule has 3 nitrogen and oxygen atoms in total. The smallest absolute Gasteiger partial charge is 0.142 e. The molecule has 0 aromatic heterocycles. The summed E-state index contributed by atoms with van der Waals surface area (Å²) in [7, 11) is 1.53. The maximum Gasteiger partial charge on any atom is 0.142 e. The van der Waals surface area contributed by atoms with Gasteiger partial charge in [0.15, 0.2) is 0 Å². The highest BCUT2D eigenvalue weighted by Gasteiger charge is 2.16. The zero-order valence-electron chi connectivity index (χ0n) is 10.7. The summed E-state index contributed by atoms with van der Waals surface area (Å²) in [6, 6.07) is 9.38. The molecule has 0 bridgehead atoms. The van der Waals surface area contributed by atoms with Crippen LogP contribution in [0.25, 0.3) is 0 Å². The van der Waals surface area contributed by atoms with Crippen LogP contribution in [0, 0.1) is 5.82 Å². The molecule has 0 saturated heterocycles. The Morgan fingerprint density at radius 1 is 1.10 bits per heavy atom. The lowest BCUT2D eigenvalue weighted by molar-refractivity contribution is 0.414. The van der Waals surface area contributed by atoms with E-state index in [9.17, 15) is 4.39 Å². The van der Waals surface area contributed by atoms with Crippen LogP contribution in [-0.2, 0) is 0 Å². The fourth-order valence-electron chi connectivity index (χ4n) is 1.93. The molecule has 0 saturated carbocycles. The lowest BCUT2D eigenvalue weighted by Crippen LogP contribution is -2.28. The number of benzene rings is 2. The van der Waals surface area contributed by atoms with Crippen LogP contribution in [0.5, 0.6) is 5.75 Å². The van der Waals surface area contributed by atoms with Gasteiger partial charge in [-0.05, 0) is 35.4 Å². The molecule has 2 aromatic carbocycles. The Hall–Kier alpha value is -1.33. The number of halogens is 3. The molecular formula is C14H13Cl2FN2O. The number of hydrazine groups is 1. The van der Waals surface area contributed by atoms with Gasteiger partial charge in [-0.15, -0.1) is 0 Å². The molecule has 0 heterocycles. The zero-order valence-corrected chi connectivity index (χ0v) is 12.2. The molecule has 20 heavy (non-hydrogen) atoms. The number of ether oxygens (including phenoxy) is 1. The van der Waals surface area contributed by atoms with Crippen LogP contribution in [0.2, 0.25) is 10.0 Å². The Morgan fingerprint density at radius 2 is 1.70 bits per heavy atom. The molecule has 0 aliphatic rings. The van der Waals surface area contributed by atoms with Gasteiger partial charge in [0.2, 0.25) is 0 Å². The second-order valence-electron chi connectivity index (χ2n) is 4.17. The topological polar surface area (TPSA) is 47.3 Å². The van der Waals surface area contributed by atoms with Crippen LogP contribution in [0.1, 0.15) is 17.2 Å². The number of rotatable bonds is 4. The highest BCUT2D eigenvalue weighted by Crippen LogP contribution is 2.31. The third kappa shape index (κ3) is 3.04. The van der Waals surface area contributed by atoms with Crippen LogP contribution in [0.15, 0.2) is 36.4 Å². The third-order valence-electron chi connectivity index (χ3n) is 2.95. The number of hydrogen-bond donors (Lipinski definition) is 2. The highest BCUT2D eigenvalue weighted by molar-refractivity contribution is 6.32. The Kier molecular flexibility index (Phi) is 4.83. The standard InChI is InChI=1S/C14H13Cl2FN2O/c1-20-13-7-9(3-5-11(13)16)14(19-18)8-2-4-10(15)12(17)6-8/h2-7,14,19H,18H2,1H3. The summed E-state index contributed by atoms with van der Waals surface area (Å²) in [5.41, 5.74) is 4.10.